The van der Waals surface area contributed by atoms with Crippen molar-refractivity contribution in [3.8, 4) is 0 Å². The van der Waals surface area contributed by atoms with Crippen molar-refractivity contribution < 1.29 is 19.4 Å². The largest absolute Gasteiger partial charge is 0.446 e. The van der Waals surface area contributed by atoms with Gasteiger partial charge in [-0.05, 0) is 19.8 Å². The lowest BCUT2D eigenvalue weighted by Crippen LogP contribution is -2.33. The number of imide groups is 1. The quantitative estimate of drug-likeness (QED) is 0.727. The maximum Gasteiger partial charge on any atom is 0.414 e. The van der Waals surface area contributed by atoms with Crippen LogP contribution in [0.1, 0.15) is 46.5 Å². The van der Waals surface area contributed by atoms with Crippen molar-refractivity contribution in [2.45, 2.75) is 58.7 Å². The first-order valence-corrected chi connectivity index (χ1v) is 5.68. The second-order valence-electron chi connectivity index (χ2n) is 3.81. The Labute approximate surface area is 96.2 Å². The molecular formula is C11H21NO4. The van der Waals surface area contributed by atoms with E-state index in [-0.39, 0.29) is 5.91 Å². The minimum atomic E-state index is -0.741. The summed E-state index contributed by atoms with van der Waals surface area (Å²) in [6, 6.07) is 0. The standard InChI is InChI=1S/C11H21NO4/c1-4-6-10(14)12-11(15)16-8(3)7-9(13)5-2/h8-9,13H,4-7H2,1-3H3,(H,12,14,15). The fourth-order valence-electron chi connectivity index (χ4n) is 1.21. The molecule has 0 aliphatic rings. The zero-order valence-corrected chi connectivity index (χ0v) is 10.2. The van der Waals surface area contributed by atoms with Crippen LogP contribution in [0.2, 0.25) is 0 Å². The predicted molar refractivity (Wildman–Crippen MR) is 59.9 cm³/mol. The lowest BCUT2D eigenvalue weighted by molar-refractivity contribution is -0.120. The van der Waals surface area contributed by atoms with E-state index in [1.807, 2.05) is 13.8 Å². The Hall–Kier alpha value is -1.10. The number of carbonyl (C=O) groups excluding carboxylic acids is 2. The summed E-state index contributed by atoms with van der Waals surface area (Å²) in [4.78, 5) is 22.2. The van der Waals surface area contributed by atoms with Crippen molar-refractivity contribution in [3.63, 3.8) is 0 Å². The number of aliphatic hydroxyl groups is 1. The molecule has 0 aliphatic heterocycles. The van der Waals surface area contributed by atoms with Gasteiger partial charge in [0.05, 0.1) is 6.10 Å². The summed E-state index contributed by atoms with van der Waals surface area (Å²) in [5.74, 6) is -0.337. The number of alkyl carbamates (subject to hydrolysis) is 1. The summed E-state index contributed by atoms with van der Waals surface area (Å²) in [6.45, 7) is 5.39. The van der Waals surface area contributed by atoms with Crippen LogP contribution in [0.5, 0.6) is 0 Å². The van der Waals surface area contributed by atoms with E-state index in [4.69, 9.17) is 4.74 Å². The van der Waals surface area contributed by atoms with Gasteiger partial charge in [0.2, 0.25) is 5.91 Å². The van der Waals surface area contributed by atoms with Gasteiger partial charge >= 0.3 is 6.09 Å². The first-order valence-electron chi connectivity index (χ1n) is 5.68. The maximum absolute atomic E-state index is 11.2. The van der Waals surface area contributed by atoms with Crippen LogP contribution in [-0.4, -0.2) is 29.3 Å². The van der Waals surface area contributed by atoms with E-state index in [2.05, 4.69) is 5.32 Å². The molecular weight excluding hydrogens is 210 g/mol. The molecule has 2 unspecified atom stereocenters. The van der Waals surface area contributed by atoms with E-state index in [9.17, 15) is 14.7 Å². The summed E-state index contributed by atoms with van der Waals surface area (Å²) in [5.41, 5.74) is 0. The van der Waals surface area contributed by atoms with Gasteiger partial charge < -0.3 is 9.84 Å². The molecule has 0 saturated heterocycles. The van der Waals surface area contributed by atoms with Gasteiger partial charge in [0, 0.05) is 12.8 Å². The van der Waals surface area contributed by atoms with E-state index in [0.29, 0.717) is 25.7 Å². The smallest absolute Gasteiger partial charge is 0.414 e. The zero-order chi connectivity index (χ0) is 12.6. The first-order chi connectivity index (χ1) is 7.49. The van der Waals surface area contributed by atoms with Crippen LogP contribution >= 0.6 is 0 Å². The van der Waals surface area contributed by atoms with Crippen LogP contribution in [-0.2, 0) is 9.53 Å². The molecule has 0 heterocycles. The second-order valence-corrected chi connectivity index (χ2v) is 3.81. The average Bonchev–Trinajstić information content (AvgIpc) is 2.16. The summed E-state index contributed by atoms with van der Waals surface area (Å²) < 4.78 is 4.91. The zero-order valence-electron chi connectivity index (χ0n) is 10.2. The van der Waals surface area contributed by atoms with Crippen LogP contribution in [0.4, 0.5) is 4.79 Å². The molecule has 94 valence electrons. The molecule has 0 aliphatic carbocycles. The van der Waals surface area contributed by atoms with Crippen LogP contribution < -0.4 is 5.32 Å². The Morgan fingerprint density at radius 3 is 2.50 bits per heavy atom. The molecule has 5 heteroatoms. The van der Waals surface area contributed by atoms with Crippen molar-refractivity contribution >= 4 is 12.0 Å². The van der Waals surface area contributed by atoms with E-state index in [0.717, 1.165) is 0 Å². The number of ether oxygens (including phenoxy) is 1. The van der Waals surface area contributed by atoms with Gasteiger partial charge in [-0.1, -0.05) is 13.8 Å². The maximum atomic E-state index is 11.2. The molecule has 0 spiro atoms. The van der Waals surface area contributed by atoms with Gasteiger partial charge in [-0.2, -0.15) is 0 Å². The molecule has 0 radical (unpaired) electrons. The highest BCUT2D eigenvalue weighted by molar-refractivity contribution is 5.91. The van der Waals surface area contributed by atoms with E-state index >= 15 is 0 Å². The highest BCUT2D eigenvalue weighted by Gasteiger charge is 2.14. The van der Waals surface area contributed by atoms with Crippen molar-refractivity contribution in [1.82, 2.24) is 5.32 Å². The molecule has 0 saturated carbocycles. The first kappa shape index (κ1) is 14.9. The highest BCUT2D eigenvalue weighted by atomic mass is 16.6. The fourth-order valence-corrected chi connectivity index (χ4v) is 1.21. The normalized spacial score (nSPS) is 14.0. The van der Waals surface area contributed by atoms with E-state index < -0.39 is 18.3 Å². The number of hydrogen-bond acceptors (Lipinski definition) is 4. The molecule has 0 rings (SSSR count). The number of rotatable bonds is 6. The molecule has 2 atom stereocenters. The molecule has 0 fully saturated rings. The third-order valence-corrected chi connectivity index (χ3v) is 2.10. The fraction of sp³-hybridized carbons (Fsp3) is 0.818. The highest BCUT2D eigenvalue weighted by Crippen LogP contribution is 2.05. The van der Waals surface area contributed by atoms with Gasteiger partial charge in [0.15, 0.2) is 0 Å². The molecule has 0 aromatic carbocycles. The molecule has 2 N–H and O–H groups in total. The van der Waals surface area contributed by atoms with E-state index in [1.165, 1.54) is 0 Å². The van der Waals surface area contributed by atoms with Crippen molar-refractivity contribution in [2.75, 3.05) is 0 Å². The summed E-state index contributed by atoms with van der Waals surface area (Å²) in [7, 11) is 0. The summed E-state index contributed by atoms with van der Waals surface area (Å²) in [5, 5.41) is 11.4. The number of hydrogen-bond donors (Lipinski definition) is 2. The van der Waals surface area contributed by atoms with Gasteiger partial charge in [0.1, 0.15) is 6.10 Å². The van der Waals surface area contributed by atoms with Crippen molar-refractivity contribution in [1.29, 1.82) is 0 Å². The molecule has 16 heavy (non-hydrogen) atoms. The Bertz CT molecular complexity index is 230. The number of amides is 2. The van der Waals surface area contributed by atoms with Crippen LogP contribution in [0.15, 0.2) is 0 Å². The Balaban J connectivity index is 3.82. The Morgan fingerprint density at radius 1 is 1.38 bits per heavy atom. The second kappa shape index (κ2) is 8.10. The van der Waals surface area contributed by atoms with E-state index in [1.54, 1.807) is 6.92 Å². The molecule has 2 amide bonds. The lowest BCUT2D eigenvalue weighted by atomic mass is 10.1. The molecule has 5 nitrogen and oxygen atoms in total. The van der Waals surface area contributed by atoms with Gasteiger partial charge in [-0.3, -0.25) is 10.1 Å². The van der Waals surface area contributed by atoms with Gasteiger partial charge in [-0.15, -0.1) is 0 Å². The third kappa shape index (κ3) is 7.23. The van der Waals surface area contributed by atoms with Crippen LogP contribution in [0.3, 0.4) is 0 Å². The molecule has 0 aromatic rings. The van der Waals surface area contributed by atoms with Crippen molar-refractivity contribution in [3.05, 3.63) is 0 Å². The topological polar surface area (TPSA) is 75.6 Å². The number of nitrogens with one attached hydrogen (secondary N) is 1. The lowest BCUT2D eigenvalue weighted by Gasteiger charge is -2.16. The van der Waals surface area contributed by atoms with Crippen molar-refractivity contribution in [2.24, 2.45) is 0 Å². The number of carbonyl (C=O) groups is 2. The summed E-state index contributed by atoms with van der Waals surface area (Å²) >= 11 is 0. The minimum Gasteiger partial charge on any atom is -0.446 e. The van der Waals surface area contributed by atoms with Crippen LogP contribution in [0, 0.1) is 0 Å². The minimum absolute atomic E-state index is 0.307. The van der Waals surface area contributed by atoms with Crippen LogP contribution in [0.25, 0.3) is 0 Å². The predicted octanol–water partition coefficient (Wildman–Crippen LogP) is 1.59. The van der Waals surface area contributed by atoms with Gasteiger partial charge in [-0.25, -0.2) is 4.79 Å². The Kier molecular flexibility index (Phi) is 7.54. The number of aliphatic hydroxyl groups excluding tert-OH is 1. The SMILES string of the molecule is CCCC(=O)NC(=O)OC(C)CC(O)CC. The monoisotopic (exact) mass is 231 g/mol. The average molecular weight is 231 g/mol. The van der Waals surface area contributed by atoms with Gasteiger partial charge in [0.25, 0.3) is 0 Å². The molecule has 0 aromatic heterocycles. The summed E-state index contributed by atoms with van der Waals surface area (Å²) in [6.07, 6.45) is 0.369. The molecule has 0 bridgehead atoms. The third-order valence-electron chi connectivity index (χ3n) is 2.10. The Morgan fingerprint density at radius 2 is 2.00 bits per heavy atom.